The van der Waals surface area contributed by atoms with E-state index in [0.29, 0.717) is 18.8 Å². The second-order valence-electron chi connectivity index (χ2n) is 6.20. The number of rotatable bonds is 9. The van der Waals surface area contributed by atoms with Gasteiger partial charge in [0.2, 0.25) is 5.91 Å². The van der Waals surface area contributed by atoms with E-state index < -0.39 is 6.04 Å². The van der Waals surface area contributed by atoms with Gasteiger partial charge in [0.15, 0.2) is 5.78 Å². The summed E-state index contributed by atoms with van der Waals surface area (Å²) in [5.74, 6) is 0.0530. The van der Waals surface area contributed by atoms with Crippen LogP contribution >= 0.6 is 15.9 Å². The van der Waals surface area contributed by atoms with Crippen molar-refractivity contribution in [1.82, 2.24) is 5.32 Å². The number of hydrogen-bond donors (Lipinski definition) is 1. The Morgan fingerprint density at radius 1 is 1.09 bits per heavy atom. The maximum atomic E-state index is 11.9. The second-order valence-corrected chi connectivity index (χ2v) is 7.12. The average Bonchev–Trinajstić information content (AvgIpc) is 2.46. The zero-order chi connectivity index (χ0) is 17.4. The van der Waals surface area contributed by atoms with Gasteiger partial charge in [-0.3, -0.25) is 14.4 Å². The Labute approximate surface area is 146 Å². The molecule has 0 aliphatic carbocycles. The molecule has 0 aliphatic heterocycles. The van der Waals surface area contributed by atoms with Gasteiger partial charge in [0.25, 0.3) is 0 Å². The van der Waals surface area contributed by atoms with Crippen LogP contribution in [0.5, 0.6) is 0 Å². The lowest BCUT2D eigenvalue weighted by atomic mass is 10.0. The number of benzene rings is 1. The molecule has 0 saturated carbocycles. The minimum absolute atomic E-state index is 0.0192. The summed E-state index contributed by atoms with van der Waals surface area (Å²) in [5, 5.41) is 2.73. The van der Waals surface area contributed by atoms with Crippen LogP contribution in [0.1, 0.15) is 45.6 Å². The summed E-state index contributed by atoms with van der Waals surface area (Å²) in [6, 6.07) is 7.09. The van der Waals surface area contributed by atoms with Crippen LogP contribution < -0.4 is 5.32 Å². The van der Waals surface area contributed by atoms with E-state index in [1.807, 2.05) is 38.1 Å². The first-order valence-corrected chi connectivity index (χ1v) is 8.63. The lowest BCUT2D eigenvalue weighted by Crippen LogP contribution is -2.40. The molecule has 1 rings (SSSR count). The van der Waals surface area contributed by atoms with E-state index in [9.17, 15) is 14.4 Å². The SMILES string of the molecule is CC(=O)[C@H](CC(C)C)NC(=O)CCC(=O)Cc1ccc(Br)cc1. The number of Topliss-reactive ketones (excluding diaryl/α,β-unsaturated/α-hetero) is 2. The van der Waals surface area contributed by atoms with Crippen molar-refractivity contribution in [1.29, 1.82) is 0 Å². The third-order valence-corrected chi connectivity index (χ3v) is 4.01. The molecule has 126 valence electrons. The number of hydrogen-bond acceptors (Lipinski definition) is 3. The van der Waals surface area contributed by atoms with Crippen LogP contribution in [-0.2, 0) is 20.8 Å². The van der Waals surface area contributed by atoms with Crippen molar-refractivity contribution in [3.8, 4) is 0 Å². The topological polar surface area (TPSA) is 63.2 Å². The van der Waals surface area contributed by atoms with Gasteiger partial charge >= 0.3 is 0 Å². The quantitative estimate of drug-likeness (QED) is 0.712. The number of halogens is 1. The molecule has 0 aromatic heterocycles. The molecule has 1 N–H and O–H groups in total. The third kappa shape index (κ3) is 8.07. The molecule has 0 unspecified atom stereocenters. The molecule has 0 saturated heterocycles. The van der Waals surface area contributed by atoms with Crippen LogP contribution in [0.3, 0.4) is 0 Å². The smallest absolute Gasteiger partial charge is 0.221 e. The summed E-state index contributed by atoms with van der Waals surface area (Å²) < 4.78 is 0.966. The van der Waals surface area contributed by atoms with Crippen molar-refractivity contribution in [3.05, 3.63) is 34.3 Å². The van der Waals surface area contributed by atoms with Crippen molar-refractivity contribution >= 4 is 33.4 Å². The minimum Gasteiger partial charge on any atom is -0.346 e. The molecule has 1 aromatic carbocycles. The summed E-state index contributed by atoms with van der Waals surface area (Å²) >= 11 is 3.35. The number of carbonyl (C=O) groups excluding carboxylic acids is 3. The predicted molar refractivity (Wildman–Crippen MR) is 94.2 cm³/mol. The summed E-state index contributed by atoms with van der Waals surface area (Å²) in [7, 11) is 0. The molecule has 0 radical (unpaired) electrons. The average molecular weight is 382 g/mol. The van der Waals surface area contributed by atoms with Gasteiger partial charge in [0.1, 0.15) is 5.78 Å². The Hall–Kier alpha value is -1.49. The molecular weight excluding hydrogens is 358 g/mol. The number of ketones is 2. The monoisotopic (exact) mass is 381 g/mol. The van der Waals surface area contributed by atoms with Crippen LogP contribution in [0.2, 0.25) is 0 Å². The number of nitrogens with one attached hydrogen (secondary N) is 1. The molecule has 0 aliphatic rings. The summed E-state index contributed by atoms with van der Waals surface area (Å²) in [4.78, 5) is 35.4. The van der Waals surface area contributed by atoms with Gasteiger partial charge in [-0.25, -0.2) is 0 Å². The summed E-state index contributed by atoms with van der Waals surface area (Å²) in [6.07, 6.45) is 1.25. The minimum atomic E-state index is -0.455. The third-order valence-electron chi connectivity index (χ3n) is 3.48. The zero-order valence-corrected chi connectivity index (χ0v) is 15.5. The molecule has 0 fully saturated rings. The van der Waals surface area contributed by atoms with E-state index in [4.69, 9.17) is 0 Å². The van der Waals surface area contributed by atoms with E-state index in [1.165, 1.54) is 6.92 Å². The second kappa shape index (κ2) is 9.60. The van der Waals surface area contributed by atoms with Crippen LogP contribution in [-0.4, -0.2) is 23.5 Å². The standard InChI is InChI=1S/C18H24BrNO3/c1-12(2)10-17(13(3)21)20-18(23)9-8-16(22)11-14-4-6-15(19)7-5-14/h4-7,12,17H,8-11H2,1-3H3,(H,20,23)/t17-/m0/s1. The fourth-order valence-electron chi connectivity index (χ4n) is 2.24. The highest BCUT2D eigenvalue weighted by molar-refractivity contribution is 9.10. The molecule has 0 spiro atoms. The van der Waals surface area contributed by atoms with Gasteiger partial charge in [-0.15, -0.1) is 0 Å². The van der Waals surface area contributed by atoms with Gasteiger partial charge in [0, 0.05) is 23.7 Å². The highest BCUT2D eigenvalue weighted by Gasteiger charge is 2.18. The lowest BCUT2D eigenvalue weighted by Gasteiger charge is -2.17. The van der Waals surface area contributed by atoms with Gasteiger partial charge < -0.3 is 5.32 Å². The molecule has 23 heavy (non-hydrogen) atoms. The van der Waals surface area contributed by atoms with E-state index >= 15 is 0 Å². The Bertz CT molecular complexity index is 552. The van der Waals surface area contributed by atoms with Gasteiger partial charge in [-0.05, 0) is 37.0 Å². The first-order chi connectivity index (χ1) is 10.8. The van der Waals surface area contributed by atoms with Crippen molar-refractivity contribution < 1.29 is 14.4 Å². The van der Waals surface area contributed by atoms with E-state index in [-0.39, 0.29) is 30.3 Å². The van der Waals surface area contributed by atoms with Crippen molar-refractivity contribution in [2.24, 2.45) is 5.92 Å². The largest absolute Gasteiger partial charge is 0.346 e. The lowest BCUT2D eigenvalue weighted by molar-refractivity contribution is -0.128. The summed E-state index contributed by atoms with van der Waals surface area (Å²) in [6.45, 7) is 5.49. The molecule has 1 aromatic rings. The van der Waals surface area contributed by atoms with E-state index in [2.05, 4.69) is 21.2 Å². The maximum Gasteiger partial charge on any atom is 0.221 e. The molecule has 0 bridgehead atoms. The molecule has 1 atom stereocenters. The normalized spacial score (nSPS) is 12.0. The molecule has 5 heteroatoms. The molecular formula is C18H24BrNO3. The highest BCUT2D eigenvalue weighted by Crippen LogP contribution is 2.12. The maximum absolute atomic E-state index is 11.9. The van der Waals surface area contributed by atoms with Crippen LogP contribution in [0.25, 0.3) is 0 Å². The first kappa shape index (κ1) is 19.6. The van der Waals surface area contributed by atoms with Crippen molar-refractivity contribution in [2.75, 3.05) is 0 Å². The Morgan fingerprint density at radius 2 is 1.70 bits per heavy atom. The van der Waals surface area contributed by atoms with Gasteiger partial charge in [0.05, 0.1) is 6.04 Å². The van der Waals surface area contributed by atoms with Crippen LogP contribution in [0.15, 0.2) is 28.7 Å². The van der Waals surface area contributed by atoms with Crippen molar-refractivity contribution in [3.63, 3.8) is 0 Å². The van der Waals surface area contributed by atoms with E-state index in [1.54, 1.807) is 0 Å². The molecule has 0 heterocycles. The Morgan fingerprint density at radius 3 is 2.22 bits per heavy atom. The first-order valence-electron chi connectivity index (χ1n) is 7.84. The number of amides is 1. The Kier molecular flexibility index (Phi) is 8.17. The van der Waals surface area contributed by atoms with Crippen LogP contribution in [0, 0.1) is 5.92 Å². The van der Waals surface area contributed by atoms with Crippen LogP contribution in [0.4, 0.5) is 0 Å². The fraction of sp³-hybridized carbons (Fsp3) is 0.500. The Balaban J connectivity index is 2.40. The molecule has 4 nitrogen and oxygen atoms in total. The van der Waals surface area contributed by atoms with Gasteiger partial charge in [-0.1, -0.05) is 41.9 Å². The van der Waals surface area contributed by atoms with Crippen molar-refractivity contribution in [2.45, 2.75) is 52.5 Å². The van der Waals surface area contributed by atoms with Gasteiger partial charge in [-0.2, -0.15) is 0 Å². The zero-order valence-electron chi connectivity index (χ0n) is 13.9. The predicted octanol–water partition coefficient (Wildman–Crippen LogP) is 3.46. The summed E-state index contributed by atoms with van der Waals surface area (Å²) in [5.41, 5.74) is 0.931. The molecule has 1 amide bonds. The number of carbonyl (C=O) groups is 3. The van der Waals surface area contributed by atoms with E-state index in [0.717, 1.165) is 10.0 Å². The fourth-order valence-corrected chi connectivity index (χ4v) is 2.50. The highest BCUT2D eigenvalue weighted by atomic mass is 79.9.